The SMILES string of the molecule is CCOC(=O)c1cc(C(=O)NO)cc(C(=O)OCC)c1. The summed E-state index contributed by atoms with van der Waals surface area (Å²) in [6.07, 6.45) is 0. The van der Waals surface area contributed by atoms with Crippen molar-refractivity contribution in [1.29, 1.82) is 0 Å². The van der Waals surface area contributed by atoms with Crippen LogP contribution in [0.5, 0.6) is 0 Å². The van der Waals surface area contributed by atoms with E-state index in [-0.39, 0.29) is 29.9 Å². The first kappa shape index (κ1) is 15.6. The number of nitrogens with one attached hydrogen (secondary N) is 1. The topological polar surface area (TPSA) is 102 Å². The molecule has 0 aliphatic carbocycles. The van der Waals surface area contributed by atoms with Crippen LogP contribution in [0.1, 0.15) is 44.9 Å². The van der Waals surface area contributed by atoms with Gasteiger partial charge in [-0.25, -0.2) is 15.1 Å². The average Bonchev–Trinajstić information content (AvgIpc) is 2.46. The average molecular weight is 281 g/mol. The van der Waals surface area contributed by atoms with Gasteiger partial charge < -0.3 is 9.47 Å². The number of esters is 2. The number of carbonyl (C=O) groups is 3. The zero-order chi connectivity index (χ0) is 15.1. The fraction of sp³-hybridized carbons (Fsp3) is 0.308. The van der Waals surface area contributed by atoms with Crippen molar-refractivity contribution in [3.8, 4) is 0 Å². The number of hydrogen-bond donors (Lipinski definition) is 2. The number of ether oxygens (including phenoxy) is 2. The molecule has 0 heterocycles. The van der Waals surface area contributed by atoms with Gasteiger partial charge in [-0.1, -0.05) is 0 Å². The lowest BCUT2D eigenvalue weighted by atomic mass is 10.1. The van der Waals surface area contributed by atoms with Gasteiger partial charge in [0, 0.05) is 5.56 Å². The molecule has 1 rings (SSSR count). The van der Waals surface area contributed by atoms with E-state index in [4.69, 9.17) is 14.7 Å². The molecule has 7 nitrogen and oxygen atoms in total. The van der Waals surface area contributed by atoms with Gasteiger partial charge in [0.25, 0.3) is 5.91 Å². The van der Waals surface area contributed by atoms with Gasteiger partial charge in [-0.05, 0) is 32.0 Å². The summed E-state index contributed by atoms with van der Waals surface area (Å²) in [5.74, 6) is -2.20. The second kappa shape index (κ2) is 7.25. The van der Waals surface area contributed by atoms with Crippen LogP contribution < -0.4 is 5.48 Å². The number of hydroxylamine groups is 1. The summed E-state index contributed by atoms with van der Waals surface area (Å²) in [6.45, 7) is 3.58. The smallest absolute Gasteiger partial charge is 0.338 e. The molecule has 0 aliphatic heterocycles. The van der Waals surface area contributed by atoms with E-state index < -0.39 is 17.8 Å². The maximum Gasteiger partial charge on any atom is 0.338 e. The normalized spacial score (nSPS) is 9.75. The number of amides is 1. The van der Waals surface area contributed by atoms with Gasteiger partial charge in [0.1, 0.15) is 0 Å². The maximum atomic E-state index is 11.7. The molecule has 0 bridgehead atoms. The van der Waals surface area contributed by atoms with Gasteiger partial charge in [-0.15, -0.1) is 0 Å². The van der Waals surface area contributed by atoms with Crippen LogP contribution in [0.25, 0.3) is 0 Å². The molecule has 7 heteroatoms. The van der Waals surface area contributed by atoms with E-state index in [9.17, 15) is 14.4 Å². The summed E-state index contributed by atoms with van der Waals surface area (Å²) >= 11 is 0. The Labute approximate surface area is 115 Å². The third-order valence-electron chi connectivity index (χ3n) is 2.32. The second-order valence-corrected chi connectivity index (χ2v) is 3.68. The number of hydrogen-bond acceptors (Lipinski definition) is 6. The predicted molar refractivity (Wildman–Crippen MR) is 67.6 cm³/mol. The highest BCUT2D eigenvalue weighted by molar-refractivity contribution is 6.01. The fourth-order valence-electron chi connectivity index (χ4n) is 1.49. The molecule has 0 fully saturated rings. The van der Waals surface area contributed by atoms with Crippen molar-refractivity contribution in [2.24, 2.45) is 0 Å². The quantitative estimate of drug-likeness (QED) is 0.477. The summed E-state index contributed by atoms with van der Waals surface area (Å²) in [7, 11) is 0. The van der Waals surface area contributed by atoms with Crippen LogP contribution in [0, 0.1) is 0 Å². The molecule has 0 aliphatic rings. The third-order valence-corrected chi connectivity index (χ3v) is 2.32. The highest BCUT2D eigenvalue weighted by Gasteiger charge is 2.17. The third kappa shape index (κ3) is 3.79. The van der Waals surface area contributed by atoms with E-state index >= 15 is 0 Å². The minimum Gasteiger partial charge on any atom is -0.462 e. The van der Waals surface area contributed by atoms with Crippen LogP contribution in [0.15, 0.2) is 18.2 Å². The molecular formula is C13H15NO6. The second-order valence-electron chi connectivity index (χ2n) is 3.68. The van der Waals surface area contributed by atoms with Gasteiger partial charge in [-0.2, -0.15) is 0 Å². The molecule has 108 valence electrons. The monoisotopic (exact) mass is 281 g/mol. The summed E-state index contributed by atoms with van der Waals surface area (Å²) < 4.78 is 9.61. The summed E-state index contributed by atoms with van der Waals surface area (Å²) in [4.78, 5) is 34.8. The Bertz CT molecular complexity index is 489. The Balaban J connectivity index is 3.24. The summed E-state index contributed by atoms with van der Waals surface area (Å²) in [6, 6.07) is 3.70. The molecule has 0 spiro atoms. The first-order valence-electron chi connectivity index (χ1n) is 5.97. The van der Waals surface area contributed by atoms with Crippen LogP contribution >= 0.6 is 0 Å². The van der Waals surface area contributed by atoms with E-state index in [0.29, 0.717) is 0 Å². The lowest BCUT2D eigenvalue weighted by Gasteiger charge is -2.08. The molecule has 0 aromatic heterocycles. The molecule has 0 saturated carbocycles. The van der Waals surface area contributed by atoms with E-state index in [1.165, 1.54) is 23.7 Å². The van der Waals surface area contributed by atoms with Gasteiger partial charge in [0.05, 0.1) is 24.3 Å². The zero-order valence-corrected chi connectivity index (χ0v) is 11.1. The van der Waals surface area contributed by atoms with Crippen molar-refractivity contribution in [1.82, 2.24) is 5.48 Å². The molecule has 1 amide bonds. The van der Waals surface area contributed by atoms with Gasteiger partial charge in [0.2, 0.25) is 0 Å². The van der Waals surface area contributed by atoms with Crippen LogP contribution in [0.4, 0.5) is 0 Å². The molecule has 2 N–H and O–H groups in total. The first-order chi connectivity index (χ1) is 9.53. The molecule has 20 heavy (non-hydrogen) atoms. The largest absolute Gasteiger partial charge is 0.462 e. The van der Waals surface area contributed by atoms with E-state index in [0.717, 1.165) is 0 Å². The fourth-order valence-corrected chi connectivity index (χ4v) is 1.49. The molecule has 1 aromatic carbocycles. The Morgan fingerprint density at radius 1 is 0.950 bits per heavy atom. The van der Waals surface area contributed by atoms with Crippen molar-refractivity contribution in [3.63, 3.8) is 0 Å². The lowest BCUT2D eigenvalue weighted by Crippen LogP contribution is -2.20. The van der Waals surface area contributed by atoms with Gasteiger partial charge in [0.15, 0.2) is 0 Å². The van der Waals surface area contributed by atoms with Crippen molar-refractivity contribution < 1.29 is 29.1 Å². The molecule has 0 atom stereocenters. The van der Waals surface area contributed by atoms with Crippen LogP contribution in [0.3, 0.4) is 0 Å². The minimum absolute atomic E-state index is 0.0241. The maximum absolute atomic E-state index is 11.7. The van der Waals surface area contributed by atoms with E-state index in [1.54, 1.807) is 13.8 Å². The molecule has 1 aromatic rings. The summed E-state index contributed by atoms with van der Waals surface area (Å²) in [5.41, 5.74) is 1.43. The number of rotatable bonds is 5. The Morgan fingerprint density at radius 2 is 1.35 bits per heavy atom. The predicted octanol–water partition coefficient (Wildman–Crippen LogP) is 1.16. The van der Waals surface area contributed by atoms with Crippen LogP contribution in [0.2, 0.25) is 0 Å². The van der Waals surface area contributed by atoms with Gasteiger partial charge in [-0.3, -0.25) is 10.0 Å². The van der Waals surface area contributed by atoms with Crippen molar-refractivity contribution in [2.75, 3.05) is 13.2 Å². The van der Waals surface area contributed by atoms with Crippen LogP contribution in [-0.2, 0) is 9.47 Å². The Kier molecular flexibility index (Phi) is 5.67. The number of carbonyl (C=O) groups excluding carboxylic acids is 3. The van der Waals surface area contributed by atoms with Gasteiger partial charge >= 0.3 is 11.9 Å². The Hall–Kier alpha value is -2.41. The van der Waals surface area contributed by atoms with Crippen molar-refractivity contribution in [2.45, 2.75) is 13.8 Å². The van der Waals surface area contributed by atoms with Crippen molar-refractivity contribution >= 4 is 17.8 Å². The molecule has 0 saturated heterocycles. The highest BCUT2D eigenvalue weighted by Crippen LogP contribution is 2.13. The highest BCUT2D eigenvalue weighted by atomic mass is 16.5. The molecule has 0 unspecified atom stereocenters. The van der Waals surface area contributed by atoms with E-state index in [2.05, 4.69) is 0 Å². The standard InChI is InChI=1S/C13H15NO6/c1-3-19-12(16)9-5-8(11(15)14-18)6-10(7-9)13(17)20-4-2/h5-7,18H,3-4H2,1-2H3,(H,14,15). The van der Waals surface area contributed by atoms with E-state index in [1.807, 2.05) is 0 Å². The van der Waals surface area contributed by atoms with Crippen LogP contribution in [-0.4, -0.2) is 36.3 Å². The zero-order valence-electron chi connectivity index (χ0n) is 11.1. The van der Waals surface area contributed by atoms with Crippen molar-refractivity contribution in [3.05, 3.63) is 34.9 Å². The Morgan fingerprint density at radius 3 is 1.70 bits per heavy atom. The first-order valence-corrected chi connectivity index (χ1v) is 5.97. The minimum atomic E-state index is -0.846. The lowest BCUT2D eigenvalue weighted by molar-refractivity contribution is 0.0525. The number of benzene rings is 1. The molecule has 0 radical (unpaired) electrons. The molecular weight excluding hydrogens is 266 g/mol. The summed E-state index contributed by atoms with van der Waals surface area (Å²) in [5, 5.41) is 8.62.